The van der Waals surface area contributed by atoms with Crippen LogP contribution in [0.4, 0.5) is 5.69 Å². The number of primary amides is 1. The van der Waals surface area contributed by atoms with Gasteiger partial charge < -0.3 is 11.1 Å². The van der Waals surface area contributed by atoms with Crippen molar-refractivity contribution in [3.05, 3.63) is 59.2 Å². The van der Waals surface area contributed by atoms with Crippen LogP contribution in [0.2, 0.25) is 0 Å². The third-order valence-corrected chi connectivity index (χ3v) is 7.22. The zero-order chi connectivity index (χ0) is 21.2. The molecular formula is C21H25N3O4S. The fourth-order valence-electron chi connectivity index (χ4n) is 3.40. The minimum Gasteiger partial charge on any atom is -0.366 e. The zero-order valence-electron chi connectivity index (χ0n) is 16.5. The van der Waals surface area contributed by atoms with Crippen molar-refractivity contribution in [1.29, 1.82) is 0 Å². The number of hydrogen-bond donors (Lipinski definition) is 2. The Balaban J connectivity index is 1.83. The Labute approximate surface area is 171 Å². The number of rotatable bonds is 5. The van der Waals surface area contributed by atoms with Crippen LogP contribution in [0.1, 0.15) is 46.0 Å². The molecule has 2 aromatic rings. The van der Waals surface area contributed by atoms with Crippen molar-refractivity contribution in [3.63, 3.8) is 0 Å². The van der Waals surface area contributed by atoms with Gasteiger partial charge in [-0.15, -0.1) is 0 Å². The van der Waals surface area contributed by atoms with E-state index in [2.05, 4.69) is 12.2 Å². The highest BCUT2D eigenvalue weighted by Gasteiger charge is 2.28. The number of benzene rings is 2. The summed E-state index contributed by atoms with van der Waals surface area (Å²) in [5.41, 5.74) is 6.89. The summed E-state index contributed by atoms with van der Waals surface area (Å²) >= 11 is 0. The van der Waals surface area contributed by atoms with Gasteiger partial charge in [-0.1, -0.05) is 19.1 Å². The van der Waals surface area contributed by atoms with Crippen molar-refractivity contribution in [2.24, 2.45) is 11.7 Å². The molecule has 2 aromatic carbocycles. The fourth-order valence-corrected chi connectivity index (χ4v) is 4.92. The topological polar surface area (TPSA) is 110 Å². The number of carbonyl (C=O) groups excluding carboxylic acids is 2. The van der Waals surface area contributed by atoms with Crippen molar-refractivity contribution in [2.45, 2.75) is 31.6 Å². The summed E-state index contributed by atoms with van der Waals surface area (Å²) in [6, 6.07) is 10.9. The quantitative estimate of drug-likeness (QED) is 0.782. The van der Waals surface area contributed by atoms with Crippen molar-refractivity contribution in [1.82, 2.24) is 4.31 Å². The minimum atomic E-state index is -3.65. The lowest BCUT2D eigenvalue weighted by Gasteiger charge is -2.29. The smallest absolute Gasteiger partial charge is 0.255 e. The summed E-state index contributed by atoms with van der Waals surface area (Å²) < 4.78 is 27.4. The molecule has 0 aromatic heterocycles. The highest BCUT2D eigenvalue weighted by atomic mass is 32.2. The number of nitrogens with zero attached hydrogens (tertiary/aromatic N) is 1. The lowest BCUT2D eigenvalue weighted by molar-refractivity contribution is 0.0995. The average Bonchev–Trinajstić information content (AvgIpc) is 2.69. The third kappa shape index (κ3) is 4.49. The molecule has 0 radical (unpaired) electrons. The van der Waals surface area contributed by atoms with Crippen LogP contribution in [0, 0.1) is 12.8 Å². The Bertz CT molecular complexity index is 1040. The highest BCUT2D eigenvalue weighted by Crippen LogP contribution is 2.25. The molecule has 0 bridgehead atoms. The van der Waals surface area contributed by atoms with Crippen molar-refractivity contribution in [3.8, 4) is 0 Å². The Morgan fingerprint density at radius 1 is 1.10 bits per heavy atom. The lowest BCUT2D eigenvalue weighted by Crippen LogP contribution is -2.37. The zero-order valence-corrected chi connectivity index (χ0v) is 17.3. The monoisotopic (exact) mass is 415 g/mol. The van der Waals surface area contributed by atoms with Gasteiger partial charge in [0.25, 0.3) is 5.91 Å². The molecule has 0 unspecified atom stereocenters. The van der Waals surface area contributed by atoms with E-state index in [0.717, 1.165) is 12.8 Å². The molecule has 2 amide bonds. The first-order chi connectivity index (χ1) is 13.7. The maximum absolute atomic E-state index is 12.9. The molecule has 8 heteroatoms. The van der Waals surface area contributed by atoms with Gasteiger partial charge in [-0.3, -0.25) is 9.59 Å². The van der Waals surface area contributed by atoms with Crippen LogP contribution in [0.25, 0.3) is 0 Å². The molecule has 1 saturated heterocycles. The van der Waals surface area contributed by atoms with Gasteiger partial charge in [0, 0.05) is 29.9 Å². The molecule has 0 spiro atoms. The van der Waals surface area contributed by atoms with Crippen LogP contribution in [-0.2, 0) is 10.0 Å². The molecule has 1 heterocycles. The molecule has 0 aliphatic carbocycles. The minimum absolute atomic E-state index is 0.0994. The molecule has 7 nitrogen and oxygen atoms in total. The van der Waals surface area contributed by atoms with E-state index in [-0.39, 0.29) is 10.5 Å². The largest absolute Gasteiger partial charge is 0.366 e. The van der Waals surface area contributed by atoms with Gasteiger partial charge in [-0.2, -0.15) is 4.31 Å². The number of piperidine rings is 1. The molecule has 154 valence electrons. The number of hydrogen-bond acceptors (Lipinski definition) is 4. The van der Waals surface area contributed by atoms with Gasteiger partial charge in [0.1, 0.15) is 0 Å². The first-order valence-electron chi connectivity index (χ1n) is 9.51. The molecule has 3 rings (SSSR count). The molecule has 3 N–H and O–H groups in total. The van der Waals surface area contributed by atoms with E-state index in [4.69, 9.17) is 5.73 Å². The predicted molar refractivity (Wildman–Crippen MR) is 111 cm³/mol. The fraction of sp³-hybridized carbons (Fsp3) is 0.333. The lowest BCUT2D eigenvalue weighted by atomic mass is 10.0. The van der Waals surface area contributed by atoms with E-state index in [1.807, 2.05) is 0 Å². The first kappa shape index (κ1) is 21.0. The summed E-state index contributed by atoms with van der Waals surface area (Å²) in [4.78, 5) is 24.3. The van der Waals surface area contributed by atoms with Gasteiger partial charge in [0.05, 0.1) is 4.90 Å². The Morgan fingerprint density at radius 2 is 1.76 bits per heavy atom. The number of amides is 2. The van der Waals surface area contributed by atoms with Crippen LogP contribution in [-0.4, -0.2) is 37.6 Å². The van der Waals surface area contributed by atoms with Gasteiger partial charge in [0.2, 0.25) is 15.9 Å². The van der Waals surface area contributed by atoms with Gasteiger partial charge in [0.15, 0.2) is 0 Å². The standard InChI is InChI=1S/C21H25N3O4S/c1-14-9-11-24(12-10-14)29(27,28)17-6-3-5-16(13-17)21(26)23-19-8-4-7-18(15(19)2)20(22)25/h3-8,13-14H,9-12H2,1-2H3,(H2,22,25)(H,23,26). The molecule has 1 aliphatic rings. The normalized spacial score (nSPS) is 15.8. The molecule has 29 heavy (non-hydrogen) atoms. The van der Waals surface area contributed by atoms with E-state index in [9.17, 15) is 18.0 Å². The van der Waals surface area contributed by atoms with Crippen LogP contribution >= 0.6 is 0 Å². The third-order valence-electron chi connectivity index (χ3n) is 5.32. The summed E-state index contributed by atoms with van der Waals surface area (Å²) in [5.74, 6) is -0.528. The predicted octanol–water partition coefficient (Wildman–Crippen LogP) is 2.77. The van der Waals surface area contributed by atoms with Gasteiger partial charge in [-0.25, -0.2) is 8.42 Å². The van der Waals surface area contributed by atoms with Gasteiger partial charge >= 0.3 is 0 Å². The Hall–Kier alpha value is -2.71. The average molecular weight is 416 g/mol. The molecular weight excluding hydrogens is 390 g/mol. The molecule has 0 saturated carbocycles. The second-order valence-corrected chi connectivity index (χ2v) is 9.35. The number of nitrogens with two attached hydrogens (primary N) is 1. The second-order valence-electron chi connectivity index (χ2n) is 7.41. The number of nitrogens with one attached hydrogen (secondary N) is 1. The SMILES string of the molecule is Cc1c(NC(=O)c2cccc(S(=O)(=O)N3CCC(C)CC3)c2)cccc1C(N)=O. The van der Waals surface area contributed by atoms with Crippen LogP contribution < -0.4 is 11.1 Å². The Kier molecular flexibility index (Phi) is 6.04. The van der Waals surface area contributed by atoms with Crippen molar-refractivity contribution >= 4 is 27.5 Å². The number of carbonyl (C=O) groups is 2. The van der Waals surface area contributed by atoms with Crippen LogP contribution in [0.5, 0.6) is 0 Å². The van der Waals surface area contributed by atoms with E-state index in [0.29, 0.717) is 35.8 Å². The van der Waals surface area contributed by atoms with Crippen molar-refractivity contribution < 1.29 is 18.0 Å². The van der Waals surface area contributed by atoms with Gasteiger partial charge in [-0.05, 0) is 61.6 Å². The molecule has 1 fully saturated rings. The van der Waals surface area contributed by atoms with Crippen molar-refractivity contribution in [2.75, 3.05) is 18.4 Å². The summed E-state index contributed by atoms with van der Waals surface area (Å²) in [6.07, 6.45) is 1.66. The van der Waals surface area contributed by atoms with E-state index in [1.165, 1.54) is 16.4 Å². The van der Waals surface area contributed by atoms with E-state index < -0.39 is 21.8 Å². The van der Waals surface area contributed by atoms with Crippen LogP contribution in [0.3, 0.4) is 0 Å². The highest BCUT2D eigenvalue weighted by molar-refractivity contribution is 7.89. The maximum Gasteiger partial charge on any atom is 0.255 e. The Morgan fingerprint density at radius 3 is 2.41 bits per heavy atom. The molecule has 0 atom stereocenters. The summed E-state index contributed by atoms with van der Waals surface area (Å²) in [5, 5.41) is 2.73. The maximum atomic E-state index is 12.9. The number of sulfonamides is 1. The summed E-state index contributed by atoms with van der Waals surface area (Å²) in [7, 11) is -3.65. The van der Waals surface area contributed by atoms with E-state index >= 15 is 0 Å². The molecule has 1 aliphatic heterocycles. The second kappa shape index (κ2) is 8.34. The van der Waals surface area contributed by atoms with Crippen LogP contribution in [0.15, 0.2) is 47.4 Å². The number of anilines is 1. The first-order valence-corrected chi connectivity index (χ1v) is 10.9. The summed E-state index contributed by atoms with van der Waals surface area (Å²) in [6.45, 7) is 4.77. The van der Waals surface area contributed by atoms with E-state index in [1.54, 1.807) is 37.3 Å².